The zero-order valence-electron chi connectivity index (χ0n) is 20.3. The van der Waals surface area contributed by atoms with Crippen molar-refractivity contribution < 1.29 is 4.79 Å². The lowest BCUT2D eigenvalue weighted by Gasteiger charge is -2.44. The molecule has 2 aliphatic carbocycles. The second kappa shape index (κ2) is 8.42. The first-order valence-electron chi connectivity index (χ1n) is 12.4. The van der Waals surface area contributed by atoms with Crippen LogP contribution in [0.4, 0.5) is 0 Å². The molecule has 4 aromatic rings. The summed E-state index contributed by atoms with van der Waals surface area (Å²) < 4.78 is 2.03. The number of hydrogen-bond acceptors (Lipinski definition) is 4. The van der Waals surface area contributed by atoms with E-state index in [4.69, 9.17) is 5.10 Å². The van der Waals surface area contributed by atoms with Crippen molar-refractivity contribution in [2.75, 3.05) is 0 Å². The Morgan fingerprint density at radius 1 is 0.972 bits per heavy atom. The standard InChI is InChI=1S/C31H26N4O/c1-20-27-13-12-26-28(23-14-16-33-17-15-23)35(34-30(26)31(27,2)18-24(19-32)29(20)36)25-10-8-22(9-11-25)21-6-4-3-5-7-21/h3-11,14-18,20,27H,12-13H2,1-2H3/t20-,27-,31-/m1/s1. The monoisotopic (exact) mass is 470 g/mol. The molecule has 0 saturated heterocycles. The number of carbonyl (C=O) groups is 1. The van der Waals surface area contributed by atoms with Crippen LogP contribution in [0.2, 0.25) is 0 Å². The summed E-state index contributed by atoms with van der Waals surface area (Å²) in [6.45, 7) is 4.10. The third-order valence-corrected chi connectivity index (χ3v) is 7.99. The van der Waals surface area contributed by atoms with E-state index in [1.165, 1.54) is 11.1 Å². The minimum atomic E-state index is -0.483. The van der Waals surface area contributed by atoms with Gasteiger partial charge in [-0.15, -0.1) is 0 Å². The van der Waals surface area contributed by atoms with E-state index in [9.17, 15) is 10.1 Å². The van der Waals surface area contributed by atoms with E-state index < -0.39 is 5.41 Å². The molecule has 2 aromatic heterocycles. The molecule has 5 heteroatoms. The number of nitrogens with zero attached hydrogens (tertiary/aromatic N) is 4. The van der Waals surface area contributed by atoms with Crippen LogP contribution < -0.4 is 0 Å². The maximum absolute atomic E-state index is 12.8. The van der Waals surface area contributed by atoms with Gasteiger partial charge in [-0.25, -0.2) is 4.68 Å². The predicted molar refractivity (Wildman–Crippen MR) is 139 cm³/mol. The second-order valence-corrected chi connectivity index (χ2v) is 9.99. The summed E-state index contributed by atoms with van der Waals surface area (Å²) in [7, 11) is 0. The quantitative estimate of drug-likeness (QED) is 0.363. The Bertz CT molecular complexity index is 1530. The molecule has 0 fully saturated rings. The maximum atomic E-state index is 12.8. The van der Waals surface area contributed by atoms with Gasteiger partial charge in [-0.2, -0.15) is 10.4 Å². The Hall–Kier alpha value is -4.30. The topological polar surface area (TPSA) is 71.6 Å². The molecule has 6 rings (SSSR count). The first kappa shape index (κ1) is 22.2. The number of fused-ring (bicyclic) bond motifs is 3. The van der Waals surface area contributed by atoms with E-state index in [0.29, 0.717) is 0 Å². The van der Waals surface area contributed by atoms with E-state index in [0.717, 1.165) is 41.0 Å². The molecule has 0 aliphatic heterocycles. The molecule has 2 aromatic carbocycles. The zero-order valence-corrected chi connectivity index (χ0v) is 20.3. The molecule has 0 bridgehead atoms. The highest BCUT2D eigenvalue weighted by molar-refractivity contribution is 6.02. The fraction of sp³-hybridized carbons (Fsp3) is 0.226. The van der Waals surface area contributed by atoms with E-state index in [-0.39, 0.29) is 23.2 Å². The van der Waals surface area contributed by atoms with Crippen molar-refractivity contribution in [1.29, 1.82) is 5.26 Å². The van der Waals surface area contributed by atoms with Gasteiger partial charge in [0.1, 0.15) is 6.07 Å². The normalized spacial score (nSPS) is 22.8. The van der Waals surface area contributed by atoms with Gasteiger partial charge in [0.05, 0.1) is 22.6 Å². The molecular formula is C31H26N4O. The number of benzene rings is 2. The molecule has 3 atom stereocenters. The van der Waals surface area contributed by atoms with Gasteiger partial charge in [0, 0.05) is 34.9 Å². The fourth-order valence-corrected chi connectivity index (χ4v) is 6.15. The minimum absolute atomic E-state index is 0.0475. The van der Waals surface area contributed by atoms with Gasteiger partial charge < -0.3 is 0 Å². The largest absolute Gasteiger partial charge is 0.293 e. The summed E-state index contributed by atoms with van der Waals surface area (Å²) in [6, 6.07) is 25.0. The van der Waals surface area contributed by atoms with Gasteiger partial charge in [-0.3, -0.25) is 9.78 Å². The van der Waals surface area contributed by atoms with Crippen molar-refractivity contribution in [3.05, 3.63) is 102 Å². The number of Topliss-reactive ketones (excluding diaryl/α,β-unsaturated/α-hetero) is 1. The van der Waals surface area contributed by atoms with Crippen LogP contribution in [0.25, 0.3) is 28.1 Å². The number of nitriles is 1. The van der Waals surface area contributed by atoms with Crippen LogP contribution in [0.1, 0.15) is 31.5 Å². The molecule has 0 spiro atoms. The summed E-state index contributed by atoms with van der Waals surface area (Å²) in [6.07, 6.45) is 7.20. The first-order chi connectivity index (χ1) is 17.5. The molecule has 0 saturated carbocycles. The van der Waals surface area contributed by atoms with Crippen LogP contribution in [-0.2, 0) is 16.6 Å². The lowest BCUT2D eigenvalue weighted by atomic mass is 9.58. The molecular weight excluding hydrogens is 444 g/mol. The van der Waals surface area contributed by atoms with Crippen LogP contribution in [-0.4, -0.2) is 20.5 Å². The average molecular weight is 471 g/mol. The number of ketones is 1. The summed E-state index contributed by atoms with van der Waals surface area (Å²) >= 11 is 0. The minimum Gasteiger partial charge on any atom is -0.293 e. The van der Waals surface area contributed by atoms with Gasteiger partial charge >= 0.3 is 0 Å². The van der Waals surface area contributed by atoms with E-state index in [2.05, 4.69) is 54.4 Å². The highest BCUT2D eigenvalue weighted by atomic mass is 16.1. The van der Waals surface area contributed by atoms with Gasteiger partial charge in [-0.1, -0.05) is 62.4 Å². The summed E-state index contributed by atoms with van der Waals surface area (Å²) in [4.78, 5) is 17.0. The molecule has 176 valence electrons. The summed E-state index contributed by atoms with van der Waals surface area (Å²) in [5.41, 5.74) is 7.31. The molecule has 0 radical (unpaired) electrons. The number of carbonyl (C=O) groups excluding carboxylic acids is 1. The van der Waals surface area contributed by atoms with Crippen molar-refractivity contribution in [2.45, 2.75) is 32.1 Å². The van der Waals surface area contributed by atoms with Crippen molar-refractivity contribution >= 4 is 5.78 Å². The summed E-state index contributed by atoms with van der Waals surface area (Å²) in [5.74, 6) is -0.139. The van der Waals surface area contributed by atoms with Crippen LogP contribution >= 0.6 is 0 Å². The molecule has 36 heavy (non-hydrogen) atoms. The SMILES string of the molecule is C[C@H]1C(=O)C(C#N)=C[C@@]2(C)c3nn(-c4ccc(-c5ccccc5)cc4)c(-c4ccncc4)c3CC[C@H]12. The summed E-state index contributed by atoms with van der Waals surface area (Å²) in [5, 5.41) is 14.9. The van der Waals surface area contributed by atoms with Crippen molar-refractivity contribution in [1.82, 2.24) is 14.8 Å². The van der Waals surface area contributed by atoms with Gasteiger partial charge in [0.25, 0.3) is 0 Å². The highest BCUT2D eigenvalue weighted by Crippen LogP contribution is 2.51. The van der Waals surface area contributed by atoms with Crippen LogP contribution in [0.5, 0.6) is 0 Å². The molecule has 2 aliphatic rings. The third kappa shape index (κ3) is 3.33. The predicted octanol–water partition coefficient (Wildman–Crippen LogP) is 6.09. The molecule has 0 amide bonds. The van der Waals surface area contributed by atoms with E-state index in [1.807, 2.05) is 48.0 Å². The Balaban J connectivity index is 1.55. The second-order valence-electron chi connectivity index (χ2n) is 9.99. The zero-order chi connectivity index (χ0) is 24.9. The van der Waals surface area contributed by atoms with Crippen molar-refractivity contribution in [3.63, 3.8) is 0 Å². The van der Waals surface area contributed by atoms with Crippen LogP contribution in [0, 0.1) is 23.2 Å². The Morgan fingerprint density at radius 2 is 1.67 bits per heavy atom. The third-order valence-electron chi connectivity index (χ3n) is 7.99. The van der Waals surface area contributed by atoms with Gasteiger partial charge in [-0.05, 0) is 54.2 Å². The number of aromatic nitrogens is 3. The van der Waals surface area contributed by atoms with Crippen LogP contribution in [0.3, 0.4) is 0 Å². The smallest absolute Gasteiger partial charge is 0.176 e. The van der Waals surface area contributed by atoms with Crippen LogP contribution in [0.15, 0.2) is 90.8 Å². The molecule has 0 N–H and O–H groups in total. The Morgan fingerprint density at radius 3 is 2.36 bits per heavy atom. The average Bonchev–Trinajstić information content (AvgIpc) is 3.33. The highest BCUT2D eigenvalue weighted by Gasteiger charge is 2.50. The van der Waals surface area contributed by atoms with Crippen molar-refractivity contribution in [2.24, 2.45) is 11.8 Å². The number of pyridine rings is 1. The maximum Gasteiger partial charge on any atom is 0.176 e. The molecule has 5 nitrogen and oxygen atoms in total. The molecule has 0 unspecified atom stereocenters. The van der Waals surface area contributed by atoms with Gasteiger partial charge in [0.15, 0.2) is 5.78 Å². The lowest BCUT2D eigenvalue weighted by molar-refractivity contribution is -0.121. The Kier molecular flexibility index (Phi) is 5.19. The van der Waals surface area contributed by atoms with Crippen molar-refractivity contribution in [3.8, 4) is 34.1 Å². The van der Waals surface area contributed by atoms with Gasteiger partial charge in [0.2, 0.25) is 0 Å². The Labute approximate surface area is 210 Å². The van der Waals surface area contributed by atoms with E-state index >= 15 is 0 Å². The number of rotatable bonds is 3. The first-order valence-corrected chi connectivity index (χ1v) is 12.4. The number of hydrogen-bond donors (Lipinski definition) is 0. The molecule has 2 heterocycles. The fourth-order valence-electron chi connectivity index (χ4n) is 6.15. The lowest BCUT2D eigenvalue weighted by Crippen LogP contribution is -2.45. The number of allylic oxidation sites excluding steroid dienone is 2. The van der Waals surface area contributed by atoms with E-state index in [1.54, 1.807) is 12.4 Å².